The number of hydrogen-bond acceptors (Lipinski definition) is 2. The van der Waals surface area contributed by atoms with Crippen molar-refractivity contribution >= 4 is 17.3 Å². The summed E-state index contributed by atoms with van der Waals surface area (Å²) in [6, 6.07) is 12.0. The Morgan fingerprint density at radius 1 is 1.22 bits per heavy atom. The van der Waals surface area contributed by atoms with E-state index < -0.39 is 0 Å². The monoisotopic (exact) mass is 265 g/mol. The minimum Gasteiger partial charge on any atom is -0.497 e. The lowest BCUT2D eigenvalue weighted by atomic mass is 10.2. The summed E-state index contributed by atoms with van der Waals surface area (Å²) < 4.78 is 18.0. The van der Waals surface area contributed by atoms with Gasteiger partial charge in [-0.25, -0.2) is 4.39 Å². The highest BCUT2D eigenvalue weighted by Gasteiger charge is 2.02. The largest absolute Gasteiger partial charge is 0.497 e. The van der Waals surface area contributed by atoms with Gasteiger partial charge in [-0.05, 0) is 35.9 Å². The first-order valence-electron chi connectivity index (χ1n) is 5.51. The molecule has 0 atom stereocenters. The van der Waals surface area contributed by atoms with E-state index in [2.05, 4.69) is 5.32 Å². The van der Waals surface area contributed by atoms with E-state index in [0.717, 1.165) is 11.3 Å². The SMILES string of the molecule is COc1cccc(CNc2ccc(F)cc2Cl)c1. The standard InChI is InChI=1S/C14H13ClFNO/c1-18-12-4-2-3-10(7-12)9-17-14-6-5-11(16)8-13(14)15/h2-8,17H,9H2,1H3. The third-order valence-electron chi connectivity index (χ3n) is 2.55. The summed E-state index contributed by atoms with van der Waals surface area (Å²) in [6.07, 6.45) is 0. The van der Waals surface area contributed by atoms with Gasteiger partial charge in [-0.2, -0.15) is 0 Å². The Labute approximate surface area is 110 Å². The number of halogens is 2. The van der Waals surface area contributed by atoms with Crippen LogP contribution in [0.4, 0.5) is 10.1 Å². The van der Waals surface area contributed by atoms with E-state index in [4.69, 9.17) is 16.3 Å². The molecule has 0 aliphatic carbocycles. The molecule has 2 aromatic rings. The molecule has 0 aromatic heterocycles. The zero-order valence-electron chi connectivity index (χ0n) is 9.91. The number of hydrogen-bond donors (Lipinski definition) is 1. The zero-order valence-corrected chi connectivity index (χ0v) is 10.7. The lowest BCUT2D eigenvalue weighted by Gasteiger charge is -2.09. The maximum absolute atomic E-state index is 12.9. The van der Waals surface area contributed by atoms with Crippen LogP contribution >= 0.6 is 11.6 Å². The molecule has 0 amide bonds. The third-order valence-corrected chi connectivity index (χ3v) is 2.86. The van der Waals surface area contributed by atoms with Gasteiger partial charge in [0.05, 0.1) is 17.8 Å². The van der Waals surface area contributed by atoms with Gasteiger partial charge in [0.2, 0.25) is 0 Å². The summed E-state index contributed by atoms with van der Waals surface area (Å²) in [5, 5.41) is 3.53. The van der Waals surface area contributed by atoms with Crippen molar-refractivity contribution in [3.63, 3.8) is 0 Å². The molecule has 4 heteroatoms. The van der Waals surface area contributed by atoms with Gasteiger partial charge in [-0.3, -0.25) is 0 Å². The van der Waals surface area contributed by atoms with Gasteiger partial charge in [-0.1, -0.05) is 23.7 Å². The van der Waals surface area contributed by atoms with Crippen LogP contribution in [0, 0.1) is 5.82 Å². The highest BCUT2D eigenvalue weighted by molar-refractivity contribution is 6.33. The van der Waals surface area contributed by atoms with Crippen LogP contribution in [0.25, 0.3) is 0 Å². The summed E-state index contributed by atoms with van der Waals surface area (Å²) in [5.41, 5.74) is 1.77. The molecule has 2 aromatic carbocycles. The van der Waals surface area contributed by atoms with Gasteiger partial charge in [0.25, 0.3) is 0 Å². The molecule has 0 saturated heterocycles. The Morgan fingerprint density at radius 2 is 2.06 bits per heavy atom. The molecule has 94 valence electrons. The molecule has 0 saturated carbocycles. The molecule has 2 nitrogen and oxygen atoms in total. The molecular formula is C14H13ClFNO. The van der Waals surface area contributed by atoms with Gasteiger partial charge in [-0.15, -0.1) is 0 Å². The first-order valence-corrected chi connectivity index (χ1v) is 5.88. The van der Waals surface area contributed by atoms with Crippen molar-refractivity contribution in [2.75, 3.05) is 12.4 Å². The highest BCUT2D eigenvalue weighted by Crippen LogP contribution is 2.23. The van der Waals surface area contributed by atoms with E-state index in [9.17, 15) is 4.39 Å². The third kappa shape index (κ3) is 3.14. The predicted octanol–water partition coefficient (Wildman–Crippen LogP) is 4.10. The van der Waals surface area contributed by atoms with E-state index in [1.54, 1.807) is 13.2 Å². The van der Waals surface area contributed by atoms with Crippen molar-refractivity contribution in [1.29, 1.82) is 0 Å². The number of nitrogens with one attached hydrogen (secondary N) is 1. The number of anilines is 1. The summed E-state index contributed by atoms with van der Waals surface area (Å²) in [4.78, 5) is 0. The van der Waals surface area contributed by atoms with E-state index in [1.165, 1.54) is 12.1 Å². The van der Waals surface area contributed by atoms with Gasteiger partial charge < -0.3 is 10.1 Å². The van der Waals surface area contributed by atoms with E-state index in [-0.39, 0.29) is 5.82 Å². The lowest BCUT2D eigenvalue weighted by molar-refractivity contribution is 0.414. The molecule has 0 unspecified atom stereocenters. The lowest BCUT2D eigenvalue weighted by Crippen LogP contribution is -2.00. The molecule has 18 heavy (non-hydrogen) atoms. The Kier molecular flexibility index (Phi) is 4.05. The normalized spacial score (nSPS) is 10.2. The quantitative estimate of drug-likeness (QED) is 0.899. The van der Waals surface area contributed by atoms with Gasteiger partial charge >= 0.3 is 0 Å². The first-order chi connectivity index (χ1) is 8.69. The van der Waals surface area contributed by atoms with Crippen LogP contribution in [-0.4, -0.2) is 7.11 Å². The molecule has 0 spiro atoms. The molecule has 2 rings (SSSR count). The smallest absolute Gasteiger partial charge is 0.124 e. The Balaban J connectivity index is 2.06. The molecule has 0 fully saturated rings. The fourth-order valence-electron chi connectivity index (χ4n) is 1.61. The number of rotatable bonds is 4. The van der Waals surface area contributed by atoms with Crippen molar-refractivity contribution in [1.82, 2.24) is 0 Å². The molecule has 0 aliphatic rings. The maximum Gasteiger partial charge on any atom is 0.124 e. The number of methoxy groups -OCH3 is 1. The summed E-state index contributed by atoms with van der Waals surface area (Å²) in [6.45, 7) is 0.600. The molecular weight excluding hydrogens is 253 g/mol. The van der Waals surface area contributed by atoms with Gasteiger partial charge in [0.1, 0.15) is 11.6 Å². The Bertz CT molecular complexity index is 545. The van der Waals surface area contributed by atoms with Crippen LogP contribution in [0.1, 0.15) is 5.56 Å². The minimum atomic E-state index is -0.341. The molecule has 0 bridgehead atoms. The Morgan fingerprint density at radius 3 is 2.78 bits per heavy atom. The summed E-state index contributed by atoms with van der Waals surface area (Å²) >= 11 is 5.93. The van der Waals surface area contributed by atoms with Crippen molar-refractivity contribution in [3.8, 4) is 5.75 Å². The van der Waals surface area contributed by atoms with Crippen LogP contribution in [0.15, 0.2) is 42.5 Å². The average Bonchev–Trinajstić information content (AvgIpc) is 2.38. The van der Waals surface area contributed by atoms with Gasteiger partial charge in [0, 0.05) is 6.54 Å². The van der Waals surface area contributed by atoms with Crippen molar-refractivity contribution < 1.29 is 9.13 Å². The highest BCUT2D eigenvalue weighted by atomic mass is 35.5. The topological polar surface area (TPSA) is 21.3 Å². The van der Waals surface area contributed by atoms with Crippen LogP contribution in [0.3, 0.4) is 0 Å². The molecule has 0 radical (unpaired) electrons. The molecule has 0 heterocycles. The molecule has 1 N–H and O–H groups in total. The fourth-order valence-corrected chi connectivity index (χ4v) is 1.85. The van der Waals surface area contributed by atoms with Gasteiger partial charge in [0.15, 0.2) is 0 Å². The average molecular weight is 266 g/mol. The van der Waals surface area contributed by atoms with Crippen LogP contribution in [-0.2, 0) is 6.54 Å². The summed E-state index contributed by atoms with van der Waals surface area (Å²) in [7, 11) is 1.63. The second-order valence-corrected chi connectivity index (χ2v) is 4.24. The number of ether oxygens (including phenoxy) is 1. The fraction of sp³-hybridized carbons (Fsp3) is 0.143. The van der Waals surface area contributed by atoms with E-state index in [0.29, 0.717) is 17.3 Å². The molecule has 0 aliphatic heterocycles. The van der Waals surface area contributed by atoms with Crippen LogP contribution < -0.4 is 10.1 Å². The van der Waals surface area contributed by atoms with Crippen LogP contribution in [0.2, 0.25) is 5.02 Å². The maximum atomic E-state index is 12.9. The second kappa shape index (κ2) is 5.74. The van der Waals surface area contributed by atoms with Crippen molar-refractivity contribution in [2.24, 2.45) is 0 Å². The summed E-state index contributed by atoms with van der Waals surface area (Å²) in [5.74, 6) is 0.464. The minimum absolute atomic E-state index is 0.341. The number of benzene rings is 2. The predicted molar refractivity (Wildman–Crippen MR) is 71.7 cm³/mol. The Hall–Kier alpha value is -1.74. The van der Waals surface area contributed by atoms with Crippen molar-refractivity contribution in [3.05, 3.63) is 58.9 Å². The second-order valence-electron chi connectivity index (χ2n) is 3.83. The first kappa shape index (κ1) is 12.7. The van der Waals surface area contributed by atoms with Crippen LogP contribution in [0.5, 0.6) is 5.75 Å². The van der Waals surface area contributed by atoms with E-state index in [1.807, 2.05) is 24.3 Å². The van der Waals surface area contributed by atoms with Crippen molar-refractivity contribution in [2.45, 2.75) is 6.54 Å². The zero-order chi connectivity index (χ0) is 13.0. The van der Waals surface area contributed by atoms with E-state index >= 15 is 0 Å².